The van der Waals surface area contributed by atoms with Gasteiger partial charge in [-0.3, -0.25) is 9.10 Å². The number of aryl methyl sites for hydroxylation is 2. The first kappa shape index (κ1) is 20.2. The molecular formula is C24H24N2O3S. The first-order valence-electron chi connectivity index (χ1n) is 10.0. The molecule has 3 aromatic rings. The van der Waals surface area contributed by atoms with Crippen LogP contribution in [0.3, 0.4) is 0 Å². The third-order valence-corrected chi connectivity index (χ3v) is 7.28. The van der Waals surface area contributed by atoms with Gasteiger partial charge >= 0.3 is 0 Å². The molecule has 0 aromatic heterocycles. The number of benzene rings is 3. The van der Waals surface area contributed by atoms with Crippen LogP contribution in [0.5, 0.6) is 0 Å². The lowest BCUT2D eigenvalue weighted by atomic mass is 10.1. The van der Waals surface area contributed by atoms with Crippen LogP contribution in [0.4, 0.5) is 11.4 Å². The molecule has 1 aliphatic rings. The molecule has 5 nitrogen and oxygen atoms in total. The fourth-order valence-electron chi connectivity index (χ4n) is 3.74. The Bertz CT molecular complexity index is 1200. The van der Waals surface area contributed by atoms with Gasteiger partial charge in [0.2, 0.25) is 0 Å². The zero-order chi connectivity index (χ0) is 21.3. The van der Waals surface area contributed by atoms with E-state index in [1.807, 2.05) is 38.1 Å². The molecule has 0 bridgehead atoms. The zero-order valence-corrected chi connectivity index (χ0v) is 17.9. The van der Waals surface area contributed by atoms with Crippen molar-refractivity contribution in [3.63, 3.8) is 0 Å². The molecule has 1 heterocycles. The zero-order valence-electron chi connectivity index (χ0n) is 17.1. The summed E-state index contributed by atoms with van der Waals surface area (Å²) in [5, 5.41) is 2.97. The fraction of sp³-hybridized carbons (Fsp3) is 0.208. The van der Waals surface area contributed by atoms with Gasteiger partial charge in [-0.2, -0.15) is 0 Å². The predicted octanol–water partition coefficient (Wildman–Crippen LogP) is 4.56. The van der Waals surface area contributed by atoms with Crippen molar-refractivity contribution in [1.29, 1.82) is 0 Å². The Labute approximate surface area is 177 Å². The second kappa shape index (κ2) is 7.95. The molecule has 0 radical (unpaired) electrons. The molecule has 3 aromatic carbocycles. The maximum Gasteiger partial charge on any atom is 0.264 e. The van der Waals surface area contributed by atoms with Crippen LogP contribution < -0.4 is 9.62 Å². The molecule has 0 saturated heterocycles. The highest BCUT2D eigenvalue weighted by atomic mass is 32.2. The molecule has 0 atom stereocenters. The number of sulfonamides is 1. The Balaban J connectivity index is 1.59. The van der Waals surface area contributed by atoms with E-state index < -0.39 is 10.0 Å². The van der Waals surface area contributed by atoms with Gasteiger partial charge in [-0.25, -0.2) is 8.42 Å². The van der Waals surface area contributed by atoms with Gasteiger partial charge in [0.1, 0.15) is 0 Å². The predicted molar refractivity (Wildman–Crippen MR) is 120 cm³/mol. The average molecular weight is 421 g/mol. The van der Waals surface area contributed by atoms with E-state index in [2.05, 4.69) is 5.32 Å². The van der Waals surface area contributed by atoms with E-state index in [1.54, 1.807) is 42.5 Å². The van der Waals surface area contributed by atoms with Crippen molar-refractivity contribution in [2.24, 2.45) is 0 Å². The third kappa shape index (κ3) is 3.71. The highest BCUT2D eigenvalue weighted by molar-refractivity contribution is 7.92. The van der Waals surface area contributed by atoms with E-state index in [4.69, 9.17) is 0 Å². The Kier molecular flexibility index (Phi) is 5.35. The SMILES string of the molecule is CCc1ccccc1NC(=O)c1ccc2c(c1)CCN2S(=O)(=O)c1ccc(C)cc1. The molecule has 0 unspecified atom stereocenters. The van der Waals surface area contributed by atoms with E-state index in [9.17, 15) is 13.2 Å². The van der Waals surface area contributed by atoms with E-state index in [1.165, 1.54) is 4.31 Å². The molecule has 0 saturated carbocycles. The van der Waals surface area contributed by atoms with E-state index in [0.717, 1.165) is 28.8 Å². The summed E-state index contributed by atoms with van der Waals surface area (Å²) in [4.78, 5) is 13.0. The van der Waals surface area contributed by atoms with Crippen LogP contribution in [-0.2, 0) is 22.9 Å². The molecule has 1 aliphatic heterocycles. The molecule has 0 spiro atoms. The summed E-state index contributed by atoms with van der Waals surface area (Å²) >= 11 is 0. The van der Waals surface area contributed by atoms with Crippen LogP contribution in [0.15, 0.2) is 71.6 Å². The van der Waals surface area contributed by atoms with Gasteiger partial charge in [-0.05, 0) is 67.3 Å². The van der Waals surface area contributed by atoms with Crippen molar-refractivity contribution in [3.05, 3.63) is 89.0 Å². The first-order chi connectivity index (χ1) is 14.4. The largest absolute Gasteiger partial charge is 0.322 e. The topological polar surface area (TPSA) is 66.5 Å². The lowest BCUT2D eigenvalue weighted by molar-refractivity contribution is 0.102. The van der Waals surface area contributed by atoms with E-state index in [-0.39, 0.29) is 10.8 Å². The van der Waals surface area contributed by atoms with Gasteiger partial charge in [0.25, 0.3) is 15.9 Å². The number of rotatable bonds is 5. The summed E-state index contributed by atoms with van der Waals surface area (Å²) in [6.07, 6.45) is 1.40. The van der Waals surface area contributed by atoms with Gasteiger partial charge in [0.05, 0.1) is 10.6 Å². The Morgan fingerprint density at radius 1 is 1.03 bits per heavy atom. The quantitative estimate of drug-likeness (QED) is 0.658. The van der Waals surface area contributed by atoms with Crippen molar-refractivity contribution < 1.29 is 13.2 Å². The van der Waals surface area contributed by atoms with Crippen LogP contribution in [0, 0.1) is 6.92 Å². The summed E-state index contributed by atoms with van der Waals surface area (Å²) in [5.41, 5.74) is 4.91. The highest BCUT2D eigenvalue weighted by Gasteiger charge is 2.31. The van der Waals surface area contributed by atoms with Crippen molar-refractivity contribution in [1.82, 2.24) is 0 Å². The van der Waals surface area contributed by atoms with Crippen molar-refractivity contribution >= 4 is 27.3 Å². The second-order valence-electron chi connectivity index (χ2n) is 7.45. The normalized spacial score (nSPS) is 13.2. The number of anilines is 2. The van der Waals surface area contributed by atoms with Crippen LogP contribution in [0.1, 0.15) is 34.0 Å². The fourth-order valence-corrected chi connectivity index (χ4v) is 5.25. The average Bonchev–Trinajstić information content (AvgIpc) is 3.18. The summed E-state index contributed by atoms with van der Waals surface area (Å²) < 4.78 is 27.6. The number of nitrogens with one attached hydrogen (secondary N) is 1. The lowest BCUT2D eigenvalue weighted by Crippen LogP contribution is -2.29. The van der Waals surface area contributed by atoms with Gasteiger partial charge < -0.3 is 5.32 Å². The minimum Gasteiger partial charge on any atom is -0.322 e. The van der Waals surface area contributed by atoms with Crippen LogP contribution in [-0.4, -0.2) is 20.9 Å². The minimum atomic E-state index is -3.63. The van der Waals surface area contributed by atoms with Gasteiger partial charge in [0.15, 0.2) is 0 Å². The lowest BCUT2D eigenvalue weighted by Gasteiger charge is -2.20. The van der Waals surface area contributed by atoms with E-state index >= 15 is 0 Å². The number of fused-ring (bicyclic) bond motifs is 1. The smallest absolute Gasteiger partial charge is 0.264 e. The third-order valence-electron chi connectivity index (χ3n) is 5.45. The molecule has 6 heteroatoms. The van der Waals surface area contributed by atoms with Gasteiger partial charge in [-0.1, -0.05) is 42.8 Å². The molecule has 0 aliphatic carbocycles. The second-order valence-corrected chi connectivity index (χ2v) is 9.31. The Morgan fingerprint density at radius 3 is 2.50 bits per heavy atom. The first-order valence-corrected chi connectivity index (χ1v) is 11.5. The van der Waals surface area contributed by atoms with Crippen molar-refractivity contribution in [2.45, 2.75) is 31.6 Å². The molecule has 0 fully saturated rings. The van der Waals surface area contributed by atoms with Crippen LogP contribution in [0.25, 0.3) is 0 Å². The number of carbonyl (C=O) groups excluding carboxylic acids is 1. The molecule has 30 heavy (non-hydrogen) atoms. The molecule has 4 rings (SSSR count). The summed E-state index contributed by atoms with van der Waals surface area (Å²) in [5.74, 6) is -0.196. The number of carbonyl (C=O) groups is 1. The molecule has 1 amide bonds. The monoisotopic (exact) mass is 420 g/mol. The Morgan fingerprint density at radius 2 is 1.77 bits per heavy atom. The van der Waals surface area contributed by atoms with Crippen molar-refractivity contribution in [2.75, 3.05) is 16.2 Å². The minimum absolute atomic E-state index is 0.196. The number of para-hydroxylation sites is 1. The summed E-state index contributed by atoms with van der Waals surface area (Å²) in [6, 6.07) is 19.8. The Hall–Kier alpha value is -3.12. The van der Waals surface area contributed by atoms with Crippen LogP contribution >= 0.6 is 0 Å². The van der Waals surface area contributed by atoms with E-state index in [0.29, 0.717) is 24.2 Å². The molecular weight excluding hydrogens is 396 g/mol. The number of hydrogen-bond acceptors (Lipinski definition) is 3. The summed E-state index contributed by atoms with van der Waals surface area (Å²) in [7, 11) is -3.63. The summed E-state index contributed by atoms with van der Waals surface area (Å²) in [6.45, 7) is 4.34. The van der Waals surface area contributed by atoms with Gasteiger partial charge in [0, 0.05) is 17.8 Å². The number of hydrogen-bond donors (Lipinski definition) is 1. The highest BCUT2D eigenvalue weighted by Crippen LogP contribution is 2.34. The van der Waals surface area contributed by atoms with Crippen LogP contribution in [0.2, 0.25) is 0 Å². The maximum absolute atomic E-state index is 13.1. The standard InChI is InChI=1S/C24H24N2O3S/c1-3-18-6-4-5-7-22(18)25-24(27)20-10-13-23-19(16-20)14-15-26(23)30(28,29)21-11-8-17(2)9-12-21/h4-13,16H,3,14-15H2,1-2H3,(H,25,27). The van der Waals surface area contributed by atoms with Gasteiger partial charge in [-0.15, -0.1) is 0 Å². The number of amides is 1. The molecule has 154 valence electrons. The number of nitrogens with zero attached hydrogens (tertiary/aromatic N) is 1. The maximum atomic E-state index is 13.1. The molecule has 1 N–H and O–H groups in total. The van der Waals surface area contributed by atoms with Crippen molar-refractivity contribution in [3.8, 4) is 0 Å².